The zero-order valence-corrected chi connectivity index (χ0v) is 16.6. The largest absolute Gasteiger partial charge is 0.453 e. The summed E-state index contributed by atoms with van der Waals surface area (Å²) in [4.78, 5) is 23.4. The van der Waals surface area contributed by atoms with Crippen LogP contribution in [0.2, 0.25) is 0 Å². The van der Waals surface area contributed by atoms with E-state index in [-0.39, 0.29) is 12.3 Å². The monoisotopic (exact) mass is 387 g/mol. The first-order chi connectivity index (χ1) is 11.7. The number of benzene rings is 1. The lowest BCUT2D eigenvalue weighted by Gasteiger charge is -2.30. The molecule has 0 heterocycles. The molecule has 0 spiro atoms. The van der Waals surface area contributed by atoms with Gasteiger partial charge < -0.3 is 19.0 Å². The third-order valence-corrected chi connectivity index (χ3v) is 3.55. The molecule has 1 N–H and O–H groups in total. The molecule has 0 bridgehead atoms. The van der Waals surface area contributed by atoms with E-state index in [0.717, 1.165) is 6.26 Å². The number of rotatable bonds is 6. The fraction of sp³-hybridized carbons (Fsp3) is 0.529. The van der Waals surface area contributed by atoms with Gasteiger partial charge in [-0.3, -0.25) is 4.79 Å². The second kappa shape index (κ2) is 7.94. The SMILES string of the molecule is CC(=O)OC(C)(CNC(=O)OC(C)(C)C)c1ccc(OS(C)(=O)=O)cc1. The van der Waals surface area contributed by atoms with Gasteiger partial charge in [-0.05, 0) is 45.4 Å². The summed E-state index contributed by atoms with van der Waals surface area (Å²) in [7, 11) is -3.64. The summed E-state index contributed by atoms with van der Waals surface area (Å²) < 4.78 is 37.7. The van der Waals surface area contributed by atoms with Gasteiger partial charge in [0, 0.05) is 6.92 Å². The number of amides is 1. The number of hydrogen-bond donors (Lipinski definition) is 1. The molecule has 1 unspecified atom stereocenters. The number of alkyl carbamates (subject to hydrolysis) is 1. The van der Waals surface area contributed by atoms with E-state index < -0.39 is 33.4 Å². The van der Waals surface area contributed by atoms with Crippen molar-refractivity contribution in [3.63, 3.8) is 0 Å². The Morgan fingerprint density at radius 2 is 1.58 bits per heavy atom. The first-order valence-corrected chi connectivity index (χ1v) is 9.68. The van der Waals surface area contributed by atoms with Crippen LogP contribution in [0.15, 0.2) is 24.3 Å². The van der Waals surface area contributed by atoms with Gasteiger partial charge in [0.1, 0.15) is 11.4 Å². The smallest absolute Gasteiger partial charge is 0.407 e. The summed E-state index contributed by atoms with van der Waals surface area (Å²) in [5.41, 5.74) is -1.29. The molecule has 26 heavy (non-hydrogen) atoms. The molecule has 1 atom stereocenters. The molecule has 0 radical (unpaired) electrons. The Balaban J connectivity index is 2.97. The van der Waals surface area contributed by atoms with Crippen LogP contribution in [0.25, 0.3) is 0 Å². The molecule has 0 fully saturated rings. The summed E-state index contributed by atoms with van der Waals surface area (Å²) >= 11 is 0. The quantitative estimate of drug-likeness (QED) is 0.589. The third-order valence-electron chi connectivity index (χ3n) is 3.05. The second-order valence-electron chi connectivity index (χ2n) is 6.99. The van der Waals surface area contributed by atoms with Crippen molar-refractivity contribution in [2.45, 2.75) is 45.8 Å². The number of nitrogens with one attached hydrogen (secondary N) is 1. The Morgan fingerprint density at radius 1 is 1.04 bits per heavy atom. The summed E-state index contributed by atoms with van der Waals surface area (Å²) in [6.45, 7) is 8.05. The number of carbonyl (C=O) groups excluding carboxylic acids is 2. The molecule has 0 aliphatic rings. The number of esters is 1. The van der Waals surface area contributed by atoms with E-state index >= 15 is 0 Å². The fourth-order valence-electron chi connectivity index (χ4n) is 2.11. The Morgan fingerprint density at radius 3 is 2.00 bits per heavy atom. The van der Waals surface area contributed by atoms with E-state index in [1.165, 1.54) is 19.1 Å². The number of carbonyl (C=O) groups is 2. The van der Waals surface area contributed by atoms with E-state index in [9.17, 15) is 18.0 Å². The topological polar surface area (TPSA) is 108 Å². The van der Waals surface area contributed by atoms with E-state index in [1.807, 2.05) is 0 Å². The average Bonchev–Trinajstić information content (AvgIpc) is 2.41. The lowest BCUT2D eigenvalue weighted by molar-refractivity contribution is -0.156. The first-order valence-electron chi connectivity index (χ1n) is 7.87. The highest BCUT2D eigenvalue weighted by Gasteiger charge is 2.31. The lowest BCUT2D eigenvalue weighted by atomic mass is 9.95. The maximum absolute atomic E-state index is 11.9. The normalized spacial score (nSPS) is 14.1. The van der Waals surface area contributed by atoms with Gasteiger partial charge in [0.2, 0.25) is 0 Å². The highest BCUT2D eigenvalue weighted by atomic mass is 32.2. The Bertz CT molecular complexity index is 750. The number of hydrogen-bond acceptors (Lipinski definition) is 7. The molecule has 8 nitrogen and oxygen atoms in total. The fourth-order valence-corrected chi connectivity index (χ4v) is 2.57. The van der Waals surface area contributed by atoms with Crippen molar-refractivity contribution in [3.8, 4) is 5.75 Å². The van der Waals surface area contributed by atoms with Gasteiger partial charge in [0.15, 0.2) is 5.60 Å². The number of ether oxygens (including phenoxy) is 2. The van der Waals surface area contributed by atoms with E-state index in [0.29, 0.717) is 5.56 Å². The molecule has 1 rings (SSSR count). The molecule has 9 heteroatoms. The van der Waals surface area contributed by atoms with Crippen molar-refractivity contribution in [1.82, 2.24) is 5.32 Å². The molecular formula is C17H25NO7S. The van der Waals surface area contributed by atoms with Crippen LogP contribution in [0.1, 0.15) is 40.2 Å². The van der Waals surface area contributed by atoms with Crippen molar-refractivity contribution in [2.75, 3.05) is 12.8 Å². The minimum absolute atomic E-state index is 0.0340. The standard InChI is InChI=1S/C17H25NO7S/c1-12(19)23-17(5,11-18-15(20)24-16(2,3)4)13-7-9-14(10-8-13)25-26(6,21)22/h7-10H,11H2,1-6H3,(H,18,20). The van der Waals surface area contributed by atoms with Crippen LogP contribution >= 0.6 is 0 Å². The van der Waals surface area contributed by atoms with Crippen LogP contribution < -0.4 is 9.50 Å². The zero-order chi connectivity index (χ0) is 20.2. The molecule has 1 amide bonds. The van der Waals surface area contributed by atoms with Gasteiger partial charge in [-0.2, -0.15) is 8.42 Å². The minimum atomic E-state index is -3.64. The highest BCUT2D eigenvalue weighted by molar-refractivity contribution is 7.86. The van der Waals surface area contributed by atoms with Crippen LogP contribution in [0, 0.1) is 0 Å². The zero-order valence-electron chi connectivity index (χ0n) is 15.8. The molecule has 0 saturated heterocycles. The molecule has 146 valence electrons. The van der Waals surface area contributed by atoms with Crippen molar-refractivity contribution in [1.29, 1.82) is 0 Å². The second-order valence-corrected chi connectivity index (χ2v) is 8.57. The molecular weight excluding hydrogens is 362 g/mol. The molecule has 1 aromatic carbocycles. The Hall–Kier alpha value is -2.29. The molecule has 1 aromatic rings. The van der Waals surface area contributed by atoms with Gasteiger partial charge in [-0.25, -0.2) is 4.79 Å². The van der Waals surface area contributed by atoms with E-state index in [2.05, 4.69) is 5.32 Å². The van der Waals surface area contributed by atoms with Crippen molar-refractivity contribution >= 4 is 22.2 Å². The summed E-state index contributed by atoms with van der Waals surface area (Å²) in [6.07, 6.45) is 0.294. The maximum atomic E-state index is 11.9. The van der Waals surface area contributed by atoms with Crippen molar-refractivity contribution < 1.29 is 31.7 Å². The van der Waals surface area contributed by atoms with Crippen molar-refractivity contribution in [2.24, 2.45) is 0 Å². The van der Waals surface area contributed by atoms with Gasteiger partial charge >= 0.3 is 22.2 Å². The molecule has 0 aliphatic heterocycles. The van der Waals surface area contributed by atoms with E-state index in [4.69, 9.17) is 13.7 Å². The Kier molecular flexibility index (Phi) is 6.65. The van der Waals surface area contributed by atoms with Crippen LogP contribution in [-0.2, 0) is 30.0 Å². The van der Waals surface area contributed by atoms with Crippen LogP contribution in [-0.4, -0.2) is 38.9 Å². The molecule has 0 aromatic heterocycles. The third kappa shape index (κ3) is 7.73. The average molecular weight is 387 g/mol. The summed E-state index contributed by atoms with van der Waals surface area (Å²) in [6, 6.07) is 5.98. The van der Waals surface area contributed by atoms with Crippen molar-refractivity contribution in [3.05, 3.63) is 29.8 Å². The van der Waals surface area contributed by atoms with Gasteiger partial charge in [0.25, 0.3) is 0 Å². The minimum Gasteiger partial charge on any atom is -0.453 e. The van der Waals surface area contributed by atoms with Gasteiger partial charge in [-0.1, -0.05) is 12.1 Å². The van der Waals surface area contributed by atoms with Gasteiger partial charge in [-0.15, -0.1) is 0 Å². The first kappa shape index (κ1) is 21.8. The summed E-state index contributed by atoms with van der Waals surface area (Å²) in [5, 5.41) is 2.57. The Labute approximate surface area is 153 Å². The molecule has 0 saturated carbocycles. The predicted octanol–water partition coefficient (Wildman–Crippen LogP) is 2.33. The molecule has 0 aliphatic carbocycles. The van der Waals surface area contributed by atoms with Crippen LogP contribution in [0.4, 0.5) is 4.79 Å². The predicted molar refractivity (Wildman–Crippen MR) is 95.3 cm³/mol. The van der Waals surface area contributed by atoms with Crippen LogP contribution in [0.5, 0.6) is 5.75 Å². The van der Waals surface area contributed by atoms with Crippen LogP contribution in [0.3, 0.4) is 0 Å². The van der Waals surface area contributed by atoms with Gasteiger partial charge in [0.05, 0.1) is 12.8 Å². The summed E-state index contributed by atoms with van der Waals surface area (Å²) in [5.74, 6) is -0.406. The maximum Gasteiger partial charge on any atom is 0.407 e. The lowest BCUT2D eigenvalue weighted by Crippen LogP contribution is -2.43. The van der Waals surface area contributed by atoms with E-state index in [1.54, 1.807) is 39.8 Å². The highest BCUT2D eigenvalue weighted by Crippen LogP contribution is 2.27.